The lowest BCUT2D eigenvalue weighted by Gasteiger charge is -2.12. The van der Waals surface area contributed by atoms with Crippen LogP contribution in [0.3, 0.4) is 0 Å². The second kappa shape index (κ2) is 10.7. The third-order valence-electron chi connectivity index (χ3n) is 4.03. The van der Waals surface area contributed by atoms with Crippen LogP contribution in [0.2, 0.25) is 5.02 Å². The van der Waals surface area contributed by atoms with Crippen LogP contribution in [0.4, 0.5) is 0 Å². The van der Waals surface area contributed by atoms with Crippen LogP contribution in [0.25, 0.3) is 0 Å². The lowest BCUT2D eigenvalue weighted by molar-refractivity contribution is 0.0728. The smallest absolute Gasteiger partial charge is 0.345 e. The number of hydrogen-bond acceptors (Lipinski definition) is 5. The molecule has 0 saturated heterocycles. The van der Waals surface area contributed by atoms with Crippen LogP contribution in [0.15, 0.2) is 76.3 Å². The highest BCUT2D eigenvalue weighted by molar-refractivity contribution is 9.10. The summed E-state index contributed by atoms with van der Waals surface area (Å²) < 4.78 is 11.9. The predicted molar refractivity (Wildman–Crippen MR) is 123 cm³/mol. The molecule has 6 nitrogen and oxygen atoms in total. The Bertz CT molecular complexity index is 1130. The lowest BCUT2D eigenvalue weighted by Crippen LogP contribution is -2.17. The van der Waals surface area contributed by atoms with Crippen molar-refractivity contribution in [2.45, 2.75) is 6.92 Å². The predicted octanol–water partition coefficient (Wildman–Crippen LogP) is 5.48. The molecule has 8 heteroatoms. The van der Waals surface area contributed by atoms with Crippen molar-refractivity contribution in [3.8, 4) is 11.5 Å². The van der Waals surface area contributed by atoms with E-state index in [2.05, 4.69) is 26.5 Å². The molecule has 0 atom stereocenters. The quantitative estimate of drug-likeness (QED) is 0.201. The van der Waals surface area contributed by atoms with Crippen LogP contribution < -0.4 is 14.9 Å². The van der Waals surface area contributed by atoms with Gasteiger partial charge >= 0.3 is 5.97 Å². The number of rotatable bonds is 7. The van der Waals surface area contributed by atoms with E-state index in [-0.39, 0.29) is 17.2 Å². The molecule has 0 aromatic heterocycles. The van der Waals surface area contributed by atoms with E-state index >= 15 is 0 Å². The summed E-state index contributed by atoms with van der Waals surface area (Å²) in [4.78, 5) is 24.6. The van der Waals surface area contributed by atoms with Crippen LogP contribution in [0.1, 0.15) is 33.2 Å². The highest BCUT2D eigenvalue weighted by atomic mass is 79.9. The molecule has 3 rings (SSSR count). The zero-order chi connectivity index (χ0) is 22.2. The average Bonchev–Trinajstić information content (AvgIpc) is 2.76. The van der Waals surface area contributed by atoms with Crippen molar-refractivity contribution in [1.29, 1.82) is 0 Å². The summed E-state index contributed by atoms with van der Waals surface area (Å²) >= 11 is 9.39. The molecule has 0 aliphatic carbocycles. The topological polar surface area (TPSA) is 77.0 Å². The lowest BCUT2D eigenvalue weighted by atomic mass is 10.2. The van der Waals surface area contributed by atoms with Gasteiger partial charge in [-0.15, -0.1) is 0 Å². The molecule has 0 heterocycles. The van der Waals surface area contributed by atoms with Gasteiger partial charge in [0.05, 0.1) is 23.4 Å². The van der Waals surface area contributed by atoms with E-state index in [0.29, 0.717) is 28.5 Å². The number of halogens is 2. The SMILES string of the molecule is CCOc1cc(C=NNC(=O)c2cccc(Br)c2)ccc1OC(=O)c1ccccc1Cl. The Morgan fingerprint density at radius 2 is 1.87 bits per heavy atom. The average molecular weight is 502 g/mol. The number of amides is 1. The summed E-state index contributed by atoms with van der Waals surface area (Å²) in [6.45, 7) is 2.19. The fraction of sp³-hybridized carbons (Fsp3) is 0.0870. The van der Waals surface area contributed by atoms with Crippen LogP contribution in [-0.4, -0.2) is 24.7 Å². The Kier molecular flexibility index (Phi) is 7.81. The zero-order valence-electron chi connectivity index (χ0n) is 16.5. The maximum absolute atomic E-state index is 12.4. The fourth-order valence-corrected chi connectivity index (χ4v) is 3.21. The summed E-state index contributed by atoms with van der Waals surface area (Å²) in [5.74, 6) is -0.311. The van der Waals surface area contributed by atoms with Gasteiger partial charge in [-0.3, -0.25) is 4.79 Å². The summed E-state index contributed by atoms with van der Waals surface area (Å²) in [6.07, 6.45) is 1.47. The monoisotopic (exact) mass is 500 g/mol. The molecular formula is C23H18BrClN2O4. The van der Waals surface area contributed by atoms with Gasteiger partial charge in [-0.05, 0) is 61.0 Å². The molecule has 0 aliphatic rings. The second-order valence-electron chi connectivity index (χ2n) is 6.22. The molecule has 3 aromatic carbocycles. The van der Waals surface area contributed by atoms with E-state index < -0.39 is 5.97 Å². The number of carbonyl (C=O) groups excluding carboxylic acids is 2. The van der Waals surface area contributed by atoms with Gasteiger partial charge in [0.25, 0.3) is 5.91 Å². The number of esters is 1. The van der Waals surface area contributed by atoms with E-state index in [0.717, 1.165) is 4.47 Å². The van der Waals surface area contributed by atoms with Crippen molar-refractivity contribution in [2.75, 3.05) is 6.61 Å². The van der Waals surface area contributed by atoms with Gasteiger partial charge in [0.2, 0.25) is 0 Å². The van der Waals surface area contributed by atoms with Crippen molar-refractivity contribution in [3.05, 3.63) is 92.9 Å². The number of carbonyl (C=O) groups is 2. The van der Waals surface area contributed by atoms with Crippen LogP contribution in [-0.2, 0) is 0 Å². The maximum Gasteiger partial charge on any atom is 0.345 e. The first-order valence-corrected chi connectivity index (χ1v) is 10.5. The summed E-state index contributed by atoms with van der Waals surface area (Å²) in [5, 5.41) is 4.28. The van der Waals surface area contributed by atoms with Gasteiger partial charge in [0, 0.05) is 10.0 Å². The van der Waals surface area contributed by atoms with Crippen LogP contribution >= 0.6 is 27.5 Å². The van der Waals surface area contributed by atoms with Gasteiger partial charge < -0.3 is 9.47 Å². The molecule has 0 bridgehead atoms. The minimum absolute atomic E-state index is 0.252. The standard InChI is InChI=1S/C23H18BrClN2O4/c1-2-30-21-12-15(14-26-27-22(28)16-6-5-7-17(24)13-16)10-11-20(21)31-23(29)18-8-3-4-9-19(18)25/h3-14H,2H2,1H3,(H,27,28). The van der Waals surface area contributed by atoms with Gasteiger partial charge in [-0.2, -0.15) is 5.10 Å². The Morgan fingerprint density at radius 3 is 2.61 bits per heavy atom. The van der Waals surface area contributed by atoms with E-state index in [4.69, 9.17) is 21.1 Å². The normalized spacial score (nSPS) is 10.7. The third kappa shape index (κ3) is 6.16. The van der Waals surface area contributed by atoms with E-state index in [1.807, 2.05) is 13.0 Å². The zero-order valence-corrected chi connectivity index (χ0v) is 18.8. The number of ether oxygens (including phenoxy) is 2. The molecule has 0 radical (unpaired) electrons. The van der Waals surface area contributed by atoms with E-state index in [1.54, 1.807) is 60.7 Å². The van der Waals surface area contributed by atoms with Crippen molar-refractivity contribution in [1.82, 2.24) is 5.43 Å². The largest absolute Gasteiger partial charge is 0.490 e. The molecule has 31 heavy (non-hydrogen) atoms. The molecule has 3 aromatic rings. The van der Waals surface area contributed by atoms with Gasteiger partial charge in [0.1, 0.15) is 0 Å². The Hall–Kier alpha value is -3.16. The molecular weight excluding hydrogens is 484 g/mol. The molecule has 0 spiro atoms. The van der Waals surface area contributed by atoms with E-state index in [9.17, 15) is 9.59 Å². The first kappa shape index (κ1) is 22.5. The molecule has 0 fully saturated rings. The first-order valence-electron chi connectivity index (χ1n) is 9.30. The van der Waals surface area contributed by atoms with Crippen molar-refractivity contribution >= 4 is 45.6 Å². The maximum atomic E-state index is 12.4. The highest BCUT2D eigenvalue weighted by Gasteiger charge is 2.15. The highest BCUT2D eigenvalue weighted by Crippen LogP contribution is 2.29. The summed E-state index contributed by atoms with van der Waals surface area (Å²) in [7, 11) is 0. The number of hydrogen-bond donors (Lipinski definition) is 1. The van der Waals surface area contributed by atoms with Crippen LogP contribution in [0, 0.1) is 0 Å². The molecule has 1 N–H and O–H groups in total. The Morgan fingerprint density at radius 1 is 1.06 bits per heavy atom. The Balaban J connectivity index is 1.72. The van der Waals surface area contributed by atoms with Gasteiger partial charge in [0.15, 0.2) is 11.5 Å². The van der Waals surface area contributed by atoms with Gasteiger partial charge in [-0.25, -0.2) is 10.2 Å². The van der Waals surface area contributed by atoms with Crippen LogP contribution in [0.5, 0.6) is 11.5 Å². The molecule has 158 valence electrons. The molecule has 1 amide bonds. The minimum atomic E-state index is -0.589. The molecule has 0 unspecified atom stereocenters. The number of benzene rings is 3. The van der Waals surface area contributed by atoms with Gasteiger partial charge in [-0.1, -0.05) is 45.7 Å². The summed E-state index contributed by atoms with van der Waals surface area (Å²) in [6, 6.07) is 18.5. The van der Waals surface area contributed by atoms with E-state index in [1.165, 1.54) is 6.21 Å². The van der Waals surface area contributed by atoms with Crippen molar-refractivity contribution in [3.63, 3.8) is 0 Å². The number of hydrazone groups is 1. The third-order valence-corrected chi connectivity index (χ3v) is 4.85. The van der Waals surface area contributed by atoms with Crippen molar-refractivity contribution < 1.29 is 19.1 Å². The fourth-order valence-electron chi connectivity index (χ4n) is 2.60. The molecule has 0 aliphatic heterocycles. The minimum Gasteiger partial charge on any atom is -0.490 e. The number of nitrogens with one attached hydrogen (secondary N) is 1. The first-order chi connectivity index (χ1) is 15.0. The number of nitrogens with zero attached hydrogens (tertiary/aromatic N) is 1. The van der Waals surface area contributed by atoms with Crippen molar-refractivity contribution in [2.24, 2.45) is 5.10 Å². The summed E-state index contributed by atoms with van der Waals surface area (Å²) in [5.41, 5.74) is 3.85. The second-order valence-corrected chi connectivity index (χ2v) is 7.54. The Labute approximate surface area is 193 Å². The molecule has 0 saturated carbocycles.